The predicted octanol–water partition coefficient (Wildman–Crippen LogP) is 18.6. The molecule has 0 aliphatic rings. The van der Waals surface area contributed by atoms with E-state index in [1.807, 2.05) is 12.1 Å². The van der Waals surface area contributed by atoms with Crippen LogP contribution < -0.4 is 9.80 Å². The number of nitriles is 1. The second kappa shape index (κ2) is 18.4. The molecule has 13 rings (SSSR count). The fourth-order valence-electron chi connectivity index (χ4n) is 11.1. The van der Waals surface area contributed by atoms with Crippen LogP contribution in [-0.2, 0) is 0 Å². The van der Waals surface area contributed by atoms with Crippen LogP contribution in [0.1, 0.15) is 16.7 Å². The van der Waals surface area contributed by atoms with Crippen LogP contribution in [0, 0.1) is 25.2 Å². The molecule has 0 spiro atoms. The van der Waals surface area contributed by atoms with Crippen LogP contribution in [0.25, 0.3) is 77.2 Å². The van der Waals surface area contributed by atoms with Crippen LogP contribution >= 0.6 is 0 Å². The molecule has 0 radical (unpaired) electrons. The van der Waals surface area contributed by atoms with Crippen molar-refractivity contribution in [3.05, 3.63) is 278 Å². The van der Waals surface area contributed by atoms with Gasteiger partial charge in [0.05, 0.1) is 33.7 Å². The molecule has 13 aromatic rings. The lowest BCUT2D eigenvalue weighted by atomic mass is 9.94. The van der Waals surface area contributed by atoms with E-state index < -0.39 is 0 Å². The molecule has 0 bridgehead atoms. The lowest BCUT2D eigenvalue weighted by molar-refractivity contribution is 1.15. The third kappa shape index (κ3) is 7.65. The van der Waals surface area contributed by atoms with Gasteiger partial charge in [-0.25, -0.2) is 0 Å². The average Bonchev–Trinajstić information content (AvgIpc) is 3.96. The van der Waals surface area contributed by atoms with Gasteiger partial charge in [-0.1, -0.05) is 121 Å². The zero-order valence-electron chi connectivity index (χ0n) is 41.1. The lowest BCUT2D eigenvalue weighted by Crippen LogP contribution is -2.09. The number of hydrogen-bond acceptors (Lipinski definition) is 3. The molecule has 5 nitrogen and oxygen atoms in total. The summed E-state index contributed by atoms with van der Waals surface area (Å²) in [6.07, 6.45) is 0. The summed E-state index contributed by atoms with van der Waals surface area (Å²) < 4.78 is 4.79. The summed E-state index contributed by atoms with van der Waals surface area (Å²) in [5.74, 6) is 0. The summed E-state index contributed by atoms with van der Waals surface area (Å²) in [5, 5.41) is 15.2. The highest BCUT2D eigenvalue weighted by atomic mass is 15.1. The maximum absolute atomic E-state index is 10.4. The second-order valence-corrected chi connectivity index (χ2v) is 19.0. The molecule has 0 aliphatic heterocycles. The van der Waals surface area contributed by atoms with E-state index in [1.165, 1.54) is 21.5 Å². The lowest BCUT2D eigenvalue weighted by Gasteiger charge is -2.25. The standard InChI is InChI=1S/C69H49N5/c1-47-39-50(31-35-64(47)73-66-29-17-15-27-60(66)62-44-58(33-37-68(62)73)71(54-19-7-3-8-20-54)55-21-9-4-10-22-55)52-41-49(46-70)42-53(43-52)51-32-36-65(48(2)40-51)74-67-30-18-16-28-61(67)63-45-59(34-38-69(63)74)72(56-23-11-5-12-24-56)57-25-13-6-14-26-57/h3-45H,1-2H3. The minimum atomic E-state index is 0.623. The van der Waals surface area contributed by atoms with E-state index in [1.54, 1.807) is 0 Å². The summed E-state index contributed by atoms with van der Waals surface area (Å²) in [6.45, 7) is 4.38. The van der Waals surface area contributed by atoms with Gasteiger partial charge in [-0.2, -0.15) is 5.26 Å². The molecular weight excluding hydrogens is 899 g/mol. The molecule has 0 saturated carbocycles. The Balaban J connectivity index is 0.857. The van der Waals surface area contributed by atoms with Crippen molar-refractivity contribution in [2.45, 2.75) is 13.8 Å². The molecule has 0 unspecified atom stereocenters. The molecule has 0 saturated heterocycles. The number of aryl methyl sites for hydroxylation is 2. The largest absolute Gasteiger partial charge is 0.310 e. The Hall–Kier alpha value is -9.89. The number of anilines is 6. The highest BCUT2D eigenvalue weighted by Crippen LogP contribution is 2.43. The number of rotatable bonds is 10. The summed E-state index contributed by atoms with van der Waals surface area (Å²) >= 11 is 0. The number of aromatic nitrogens is 2. The van der Waals surface area contributed by atoms with Gasteiger partial charge in [-0.15, -0.1) is 0 Å². The van der Waals surface area contributed by atoms with Crippen LogP contribution in [-0.4, -0.2) is 9.13 Å². The second-order valence-electron chi connectivity index (χ2n) is 19.0. The quantitative estimate of drug-likeness (QED) is 0.137. The summed E-state index contributed by atoms with van der Waals surface area (Å²) in [4.78, 5) is 4.64. The molecule has 350 valence electrons. The zero-order chi connectivity index (χ0) is 49.7. The van der Waals surface area contributed by atoms with Crippen molar-refractivity contribution in [1.82, 2.24) is 9.13 Å². The van der Waals surface area contributed by atoms with Gasteiger partial charge in [0.25, 0.3) is 0 Å². The monoisotopic (exact) mass is 947 g/mol. The molecule has 5 heteroatoms. The smallest absolute Gasteiger partial charge is 0.0992 e. The highest BCUT2D eigenvalue weighted by molar-refractivity contribution is 6.12. The number of nitrogens with zero attached hydrogens (tertiary/aromatic N) is 5. The molecular formula is C69H49N5. The van der Waals surface area contributed by atoms with E-state index in [4.69, 9.17) is 0 Å². The summed E-state index contributed by atoms with van der Waals surface area (Å²) in [6, 6.07) is 95.4. The third-order valence-corrected chi connectivity index (χ3v) is 14.5. The molecule has 2 aromatic heterocycles. The Kier molecular flexibility index (Phi) is 10.9. The van der Waals surface area contributed by atoms with Crippen molar-refractivity contribution in [2.24, 2.45) is 0 Å². The summed E-state index contributed by atoms with van der Waals surface area (Å²) in [5.41, 5.74) is 20.5. The number of hydrogen-bond donors (Lipinski definition) is 0. The Labute approximate surface area is 430 Å². The Morgan fingerprint density at radius 1 is 0.297 bits per heavy atom. The molecule has 2 heterocycles. The molecule has 0 fully saturated rings. The number of benzene rings is 11. The van der Waals surface area contributed by atoms with Gasteiger partial charge in [0.15, 0.2) is 0 Å². The SMILES string of the molecule is Cc1cc(-c2cc(C#N)cc(-c3ccc(-n4c5ccccc5c5cc(N(c6ccccc6)c6ccccc6)ccc54)c(C)c3)c2)ccc1-n1c2ccccc2c2cc(N(c3ccccc3)c3ccccc3)ccc21. The first kappa shape index (κ1) is 44.1. The van der Waals surface area contributed by atoms with Gasteiger partial charge in [0.1, 0.15) is 0 Å². The van der Waals surface area contributed by atoms with Gasteiger partial charge >= 0.3 is 0 Å². The van der Waals surface area contributed by atoms with Crippen molar-refractivity contribution in [3.8, 4) is 39.7 Å². The minimum Gasteiger partial charge on any atom is -0.310 e. The van der Waals surface area contributed by atoms with Crippen molar-refractivity contribution in [3.63, 3.8) is 0 Å². The van der Waals surface area contributed by atoms with Gasteiger partial charge < -0.3 is 18.9 Å². The van der Waals surface area contributed by atoms with E-state index in [9.17, 15) is 5.26 Å². The van der Waals surface area contributed by atoms with Gasteiger partial charge in [-0.3, -0.25) is 0 Å². The van der Waals surface area contributed by atoms with Crippen LogP contribution in [0.15, 0.2) is 261 Å². The normalized spacial score (nSPS) is 11.4. The molecule has 11 aromatic carbocycles. The molecule has 0 atom stereocenters. The topological polar surface area (TPSA) is 40.1 Å². The van der Waals surface area contributed by atoms with E-state index in [2.05, 4.69) is 288 Å². The molecule has 0 amide bonds. The van der Waals surface area contributed by atoms with E-state index in [-0.39, 0.29) is 0 Å². The van der Waals surface area contributed by atoms with Gasteiger partial charge in [0.2, 0.25) is 0 Å². The Bertz CT molecular complexity index is 3930. The molecule has 0 N–H and O–H groups in total. The van der Waals surface area contributed by atoms with Crippen molar-refractivity contribution >= 4 is 77.7 Å². The maximum atomic E-state index is 10.4. The molecule has 74 heavy (non-hydrogen) atoms. The first-order valence-electron chi connectivity index (χ1n) is 25.1. The van der Waals surface area contributed by atoms with Gasteiger partial charge in [0, 0.05) is 67.0 Å². The van der Waals surface area contributed by atoms with Crippen LogP contribution in [0.3, 0.4) is 0 Å². The number of para-hydroxylation sites is 6. The van der Waals surface area contributed by atoms with Crippen LogP contribution in [0.2, 0.25) is 0 Å². The third-order valence-electron chi connectivity index (χ3n) is 14.5. The van der Waals surface area contributed by atoms with Crippen molar-refractivity contribution < 1.29 is 0 Å². The zero-order valence-corrected chi connectivity index (χ0v) is 41.1. The van der Waals surface area contributed by atoms with E-state index in [0.717, 1.165) is 101 Å². The first-order chi connectivity index (χ1) is 36.5. The van der Waals surface area contributed by atoms with Crippen molar-refractivity contribution in [1.29, 1.82) is 5.26 Å². The fraction of sp³-hybridized carbons (Fsp3) is 0.0290. The fourth-order valence-corrected chi connectivity index (χ4v) is 11.1. The maximum Gasteiger partial charge on any atom is 0.0992 e. The Morgan fingerprint density at radius 2 is 0.649 bits per heavy atom. The van der Waals surface area contributed by atoms with E-state index in [0.29, 0.717) is 5.56 Å². The minimum absolute atomic E-state index is 0.623. The highest BCUT2D eigenvalue weighted by Gasteiger charge is 2.21. The van der Waals surface area contributed by atoms with E-state index >= 15 is 0 Å². The molecule has 0 aliphatic carbocycles. The number of fused-ring (bicyclic) bond motifs is 6. The predicted molar refractivity (Wildman–Crippen MR) is 310 cm³/mol. The van der Waals surface area contributed by atoms with Crippen LogP contribution in [0.5, 0.6) is 0 Å². The Morgan fingerprint density at radius 3 is 1.01 bits per heavy atom. The average molecular weight is 948 g/mol. The first-order valence-corrected chi connectivity index (χ1v) is 25.1. The summed E-state index contributed by atoms with van der Waals surface area (Å²) in [7, 11) is 0. The van der Waals surface area contributed by atoms with Gasteiger partial charge in [-0.05, 0) is 187 Å². The van der Waals surface area contributed by atoms with Crippen molar-refractivity contribution in [2.75, 3.05) is 9.80 Å². The van der Waals surface area contributed by atoms with Crippen LogP contribution in [0.4, 0.5) is 34.1 Å².